The number of rotatable bonds is 4. The highest BCUT2D eigenvalue weighted by Gasteiger charge is 2.15. The molecule has 3 nitrogen and oxygen atoms in total. The van der Waals surface area contributed by atoms with Crippen LogP contribution in [0.4, 0.5) is 4.39 Å². The van der Waals surface area contributed by atoms with Crippen LogP contribution in [-0.4, -0.2) is 19.3 Å². The zero-order chi connectivity index (χ0) is 12.1. The van der Waals surface area contributed by atoms with E-state index in [1.54, 1.807) is 12.1 Å². The number of halogens is 1. The van der Waals surface area contributed by atoms with Crippen molar-refractivity contribution >= 4 is 0 Å². The zero-order valence-corrected chi connectivity index (χ0v) is 9.82. The summed E-state index contributed by atoms with van der Waals surface area (Å²) in [5, 5.41) is 0. The number of benzene rings is 1. The molecule has 1 atom stereocenters. The Morgan fingerprint density at radius 1 is 1.41 bits per heavy atom. The third-order valence-corrected chi connectivity index (χ3v) is 2.98. The number of hydrogen-bond donors (Lipinski definition) is 1. The Balaban J connectivity index is 1.95. The van der Waals surface area contributed by atoms with Crippen molar-refractivity contribution in [2.24, 2.45) is 5.73 Å². The average molecular weight is 239 g/mol. The van der Waals surface area contributed by atoms with Gasteiger partial charge in [-0.2, -0.15) is 0 Å². The first-order valence-electron chi connectivity index (χ1n) is 6.03. The third-order valence-electron chi connectivity index (χ3n) is 2.98. The smallest absolute Gasteiger partial charge is 0.131 e. The van der Waals surface area contributed by atoms with E-state index in [0.29, 0.717) is 17.9 Å². The van der Waals surface area contributed by atoms with Gasteiger partial charge in [0, 0.05) is 18.7 Å². The molecular weight excluding hydrogens is 221 g/mol. The lowest BCUT2D eigenvalue weighted by atomic mass is 10.1. The highest BCUT2D eigenvalue weighted by Crippen LogP contribution is 2.22. The molecule has 2 rings (SSSR count). The van der Waals surface area contributed by atoms with Crippen molar-refractivity contribution in [1.82, 2.24) is 0 Å². The summed E-state index contributed by atoms with van der Waals surface area (Å²) in [6, 6.07) is 4.77. The summed E-state index contributed by atoms with van der Waals surface area (Å²) in [5.74, 6) is 0.219. The first-order valence-corrected chi connectivity index (χ1v) is 6.03. The zero-order valence-electron chi connectivity index (χ0n) is 9.82. The normalized spacial score (nSPS) is 20.2. The lowest BCUT2D eigenvalue weighted by Gasteiger charge is -2.23. The van der Waals surface area contributed by atoms with E-state index in [4.69, 9.17) is 15.2 Å². The van der Waals surface area contributed by atoms with Gasteiger partial charge in [0.15, 0.2) is 0 Å². The monoisotopic (exact) mass is 239 g/mol. The molecule has 0 aromatic heterocycles. The van der Waals surface area contributed by atoms with Crippen molar-refractivity contribution in [1.29, 1.82) is 0 Å². The van der Waals surface area contributed by atoms with E-state index >= 15 is 0 Å². The first kappa shape index (κ1) is 12.3. The van der Waals surface area contributed by atoms with Crippen molar-refractivity contribution in [3.05, 3.63) is 29.6 Å². The van der Waals surface area contributed by atoms with E-state index in [2.05, 4.69) is 0 Å². The van der Waals surface area contributed by atoms with Gasteiger partial charge in [-0.3, -0.25) is 0 Å². The fourth-order valence-electron chi connectivity index (χ4n) is 1.99. The lowest BCUT2D eigenvalue weighted by molar-refractivity contribution is -0.0113. The molecule has 0 aliphatic carbocycles. The molecule has 1 saturated heterocycles. The minimum Gasteiger partial charge on any atom is -0.490 e. The number of nitrogens with two attached hydrogens (primary N) is 1. The molecule has 17 heavy (non-hydrogen) atoms. The Bertz CT molecular complexity index is 364. The van der Waals surface area contributed by atoms with Crippen LogP contribution in [0, 0.1) is 5.82 Å². The summed E-state index contributed by atoms with van der Waals surface area (Å²) in [5.41, 5.74) is 5.94. The Labute approximate surface area is 101 Å². The summed E-state index contributed by atoms with van der Waals surface area (Å²) in [6.45, 7) is 1.41. The van der Waals surface area contributed by atoms with Crippen LogP contribution in [0.3, 0.4) is 0 Å². The standard InChI is InChI=1S/C13H18FNO2/c14-12-5-3-6-13(11(12)8-15)17-9-10-4-1-2-7-16-10/h3,5-6,10H,1-2,4,7-9,15H2. The summed E-state index contributed by atoms with van der Waals surface area (Å²) in [7, 11) is 0. The Morgan fingerprint density at radius 2 is 2.29 bits per heavy atom. The van der Waals surface area contributed by atoms with Gasteiger partial charge in [0.25, 0.3) is 0 Å². The van der Waals surface area contributed by atoms with Gasteiger partial charge in [-0.15, -0.1) is 0 Å². The second-order valence-corrected chi connectivity index (χ2v) is 4.22. The van der Waals surface area contributed by atoms with E-state index in [1.807, 2.05) is 0 Å². The van der Waals surface area contributed by atoms with Crippen molar-refractivity contribution in [3.8, 4) is 5.75 Å². The molecule has 4 heteroatoms. The SMILES string of the molecule is NCc1c(F)cccc1OCC1CCCCO1. The second kappa shape index (κ2) is 5.98. The molecule has 2 N–H and O–H groups in total. The molecule has 1 heterocycles. The highest BCUT2D eigenvalue weighted by molar-refractivity contribution is 5.34. The Hall–Kier alpha value is -1.13. The molecule has 0 amide bonds. The maximum Gasteiger partial charge on any atom is 0.131 e. The fourth-order valence-corrected chi connectivity index (χ4v) is 1.99. The molecule has 0 bridgehead atoms. The van der Waals surface area contributed by atoms with E-state index < -0.39 is 0 Å². The van der Waals surface area contributed by atoms with Crippen LogP contribution in [0.25, 0.3) is 0 Å². The number of ether oxygens (including phenoxy) is 2. The third kappa shape index (κ3) is 3.17. The van der Waals surface area contributed by atoms with Gasteiger partial charge in [0.2, 0.25) is 0 Å². The average Bonchev–Trinajstić information content (AvgIpc) is 2.37. The van der Waals surface area contributed by atoms with Crippen molar-refractivity contribution in [2.75, 3.05) is 13.2 Å². The lowest BCUT2D eigenvalue weighted by Crippen LogP contribution is -2.26. The number of hydrogen-bond acceptors (Lipinski definition) is 3. The Kier molecular flexibility index (Phi) is 4.34. The van der Waals surface area contributed by atoms with Gasteiger partial charge in [-0.05, 0) is 31.4 Å². The van der Waals surface area contributed by atoms with Crippen LogP contribution >= 0.6 is 0 Å². The van der Waals surface area contributed by atoms with Crippen LogP contribution in [-0.2, 0) is 11.3 Å². The summed E-state index contributed by atoms with van der Waals surface area (Å²) in [6.07, 6.45) is 3.41. The molecule has 1 aliphatic rings. The quantitative estimate of drug-likeness (QED) is 0.876. The van der Waals surface area contributed by atoms with Crippen LogP contribution in [0.1, 0.15) is 24.8 Å². The van der Waals surface area contributed by atoms with E-state index in [1.165, 1.54) is 12.5 Å². The largest absolute Gasteiger partial charge is 0.490 e. The minimum absolute atomic E-state index is 0.123. The second-order valence-electron chi connectivity index (χ2n) is 4.22. The first-order chi connectivity index (χ1) is 8.31. The predicted octanol–water partition coefficient (Wildman–Crippen LogP) is 2.23. The molecule has 0 radical (unpaired) electrons. The molecule has 94 valence electrons. The molecule has 1 aliphatic heterocycles. The van der Waals surface area contributed by atoms with Crippen molar-refractivity contribution in [3.63, 3.8) is 0 Å². The minimum atomic E-state index is -0.311. The van der Waals surface area contributed by atoms with Crippen LogP contribution < -0.4 is 10.5 Å². The van der Waals surface area contributed by atoms with E-state index in [0.717, 1.165) is 19.4 Å². The van der Waals surface area contributed by atoms with Crippen molar-refractivity contribution in [2.45, 2.75) is 31.9 Å². The molecule has 1 aromatic carbocycles. The predicted molar refractivity (Wildman–Crippen MR) is 63.4 cm³/mol. The van der Waals surface area contributed by atoms with Crippen LogP contribution in [0.5, 0.6) is 5.75 Å². The highest BCUT2D eigenvalue weighted by atomic mass is 19.1. The molecular formula is C13H18FNO2. The molecule has 0 spiro atoms. The summed E-state index contributed by atoms with van der Waals surface area (Å²) in [4.78, 5) is 0. The molecule has 1 unspecified atom stereocenters. The van der Waals surface area contributed by atoms with Gasteiger partial charge in [-0.25, -0.2) is 4.39 Å². The summed E-state index contributed by atoms with van der Waals surface area (Å²) >= 11 is 0. The van der Waals surface area contributed by atoms with Gasteiger partial charge in [0.1, 0.15) is 18.2 Å². The Morgan fingerprint density at radius 3 is 3.00 bits per heavy atom. The van der Waals surface area contributed by atoms with Gasteiger partial charge < -0.3 is 15.2 Å². The fraction of sp³-hybridized carbons (Fsp3) is 0.538. The molecule has 1 aromatic rings. The van der Waals surface area contributed by atoms with Gasteiger partial charge >= 0.3 is 0 Å². The topological polar surface area (TPSA) is 44.5 Å². The summed E-state index contributed by atoms with van der Waals surface area (Å²) < 4.78 is 24.6. The van der Waals surface area contributed by atoms with E-state index in [9.17, 15) is 4.39 Å². The van der Waals surface area contributed by atoms with E-state index in [-0.39, 0.29) is 18.5 Å². The van der Waals surface area contributed by atoms with Crippen LogP contribution in [0.15, 0.2) is 18.2 Å². The maximum absolute atomic E-state index is 13.4. The molecule has 1 fully saturated rings. The van der Waals surface area contributed by atoms with Crippen LogP contribution in [0.2, 0.25) is 0 Å². The van der Waals surface area contributed by atoms with Crippen molar-refractivity contribution < 1.29 is 13.9 Å². The maximum atomic E-state index is 13.4. The van der Waals surface area contributed by atoms with Gasteiger partial charge in [0.05, 0.1) is 6.10 Å². The van der Waals surface area contributed by atoms with Gasteiger partial charge in [-0.1, -0.05) is 6.07 Å². The molecule has 0 saturated carbocycles.